The number of nitrogens with one attached hydrogen (secondary N) is 1. The molecule has 2 atom stereocenters. The van der Waals surface area contributed by atoms with Crippen LogP contribution >= 0.6 is 11.3 Å². The van der Waals surface area contributed by atoms with Crippen molar-refractivity contribution < 1.29 is 4.39 Å². The summed E-state index contributed by atoms with van der Waals surface area (Å²) in [6.45, 7) is 6.45. The number of pyridine rings is 1. The molecule has 2 aromatic rings. The van der Waals surface area contributed by atoms with Gasteiger partial charge in [0, 0.05) is 17.0 Å². The molecule has 0 amide bonds. The Labute approximate surface area is 117 Å². The first-order valence-electron chi connectivity index (χ1n) is 6.49. The molecule has 102 valence electrons. The summed E-state index contributed by atoms with van der Waals surface area (Å²) >= 11 is 1.76. The van der Waals surface area contributed by atoms with E-state index in [4.69, 9.17) is 0 Å². The zero-order valence-electron chi connectivity index (χ0n) is 11.4. The third kappa shape index (κ3) is 3.61. The molecule has 1 N–H and O–H groups in total. The summed E-state index contributed by atoms with van der Waals surface area (Å²) in [5.41, 5.74) is 0.864. The number of hydrogen-bond acceptors (Lipinski definition) is 3. The normalized spacial score (nSPS) is 14.6. The Bertz CT molecular complexity index is 493. The Morgan fingerprint density at radius 1 is 1.21 bits per heavy atom. The van der Waals surface area contributed by atoms with Crippen LogP contribution in [0.15, 0.2) is 35.8 Å². The van der Waals surface area contributed by atoms with Gasteiger partial charge in [0.1, 0.15) is 5.82 Å². The van der Waals surface area contributed by atoms with Gasteiger partial charge in [0.2, 0.25) is 0 Å². The van der Waals surface area contributed by atoms with Crippen molar-refractivity contribution in [3.8, 4) is 0 Å². The second kappa shape index (κ2) is 6.26. The van der Waals surface area contributed by atoms with Gasteiger partial charge in [0.15, 0.2) is 0 Å². The first-order valence-corrected chi connectivity index (χ1v) is 7.37. The second-order valence-corrected chi connectivity index (χ2v) is 6.01. The SMILES string of the molecule is CC(NC(c1cccs1)C(C)C)c1ccc(F)cn1. The van der Waals surface area contributed by atoms with E-state index in [0.29, 0.717) is 12.0 Å². The summed E-state index contributed by atoms with van der Waals surface area (Å²) in [5, 5.41) is 5.67. The number of rotatable bonds is 5. The van der Waals surface area contributed by atoms with Gasteiger partial charge < -0.3 is 5.32 Å². The topological polar surface area (TPSA) is 24.9 Å². The van der Waals surface area contributed by atoms with Crippen molar-refractivity contribution in [3.63, 3.8) is 0 Å². The van der Waals surface area contributed by atoms with E-state index in [1.54, 1.807) is 17.4 Å². The van der Waals surface area contributed by atoms with E-state index in [0.717, 1.165) is 5.69 Å². The quantitative estimate of drug-likeness (QED) is 0.880. The zero-order chi connectivity index (χ0) is 13.8. The van der Waals surface area contributed by atoms with Crippen LogP contribution in [0.25, 0.3) is 0 Å². The molecular formula is C15H19FN2S. The van der Waals surface area contributed by atoms with Crippen molar-refractivity contribution in [1.82, 2.24) is 10.3 Å². The first-order chi connectivity index (χ1) is 9.08. The van der Waals surface area contributed by atoms with Crippen LogP contribution in [-0.2, 0) is 0 Å². The van der Waals surface area contributed by atoms with Crippen LogP contribution in [0.5, 0.6) is 0 Å². The molecule has 0 aliphatic heterocycles. The summed E-state index contributed by atoms with van der Waals surface area (Å²) in [6, 6.07) is 7.79. The van der Waals surface area contributed by atoms with E-state index < -0.39 is 0 Å². The van der Waals surface area contributed by atoms with Crippen molar-refractivity contribution in [2.45, 2.75) is 32.9 Å². The van der Waals surface area contributed by atoms with E-state index >= 15 is 0 Å². The van der Waals surface area contributed by atoms with Gasteiger partial charge in [-0.15, -0.1) is 11.3 Å². The molecule has 0 saturated carbocycles. The minimum absolute atomic E-state index is 0.0927. The van der Waals surface area contributed by atoms with Crippen LogP contribution in [-0.4, -0.2) is 4.98 Å². The highest BCUT2D eigenvalue weighted by Crippen LogP contribution is 2.28. The number of thiophene rings is 1. The van der Waals surface area contributed by atoms with Crippen LogP contribution in [0.4, 0.5) is 4.39 Å². The molecule has 0 spiro atoms. The van der Waals surface area contributed by atoms with E-state index in [9.17, 15) is 4.39 Å². The summed E-state index contributed by atoms with van der Waals surface area (Å²) in [6.07, 6.45) is 1.27. The number of hydrogen-bond donors (Lipinski definition) is 1. The third-order valence-electron chi connectivity index (χ3n) is 3.14. The molecule has 0 aromatic carbocycles. The molecule has 0 radical (unpaired) electrons. The average Bonchev–Trinajstić information content (AvgIpc) is 2.89. The highest BCUT2D eigenvalue weighted by Gasteiger charge is 2.20. The molecule has 2 aromatic heterocycles. The van der Waals surface area contributed by atoms with Gasteiger partial charge in [-0.25, -0.2) is 4.39 Å². The Kier molecular flexibility index (Phi) is 4.66. The van der Waals surface area contributed by atoms with E-state index in [1.807, 2.05) is 0 Å². The molecule has 2 rings (SSSR count). The predicted molar refractivity (Wildman–Crippen MR) is 77.6 cm³/mol. The van der Waals surface area contributed by atoms with Gasteiger partial charge in [-0.2, -0.15) is 0 Å². The standard InChI is InChI=1S/C15H19FN2S/c1-10(2)15(14-5-4-8-19-14)18-11(3)13-7-6-12(16)9-17-13/h4-11,15,18H,1-3H3. The molecule has 0 saturated heterocycles. The molecule has 0 fully saturated rings. The molecule has 2 unspecified atom stereocenters. The summed E-state index contributed by atoms with van der Waals surface area (Å²) in [5.74, 6) is 0.191. The lowest BCUT2D eigenvalue weighted by molar-refractivity contribution is 0.375. The Morgan fingerprint density at radius 2 is 2.00 bits per heavy atom. The van der Waals surface area contributed by atoms with E-state index in [2.05, 4.69) is 48.6 Å². The van der Waals surface area contributed by atoms with E-state index in [1.165, 1.54) is 17.1 Å². The molecule has 4 heteroatoms. The molecule has 0 aliphatic carbocycles. The smallest absolute Gasteiger partial charge is 0.141 e. The number of nitrogens with zero attached hydrogens (tertiary/aromatic N) is 1. The fourth-order valence-electron chi connectivity index (χ4n) is 2.07. The Balaban J connectivity index is 2.11. The van der Waals surface area contributed by atoms with Crippen LogP contribution < -0.4 is 5.32 Å². The Morgan fingerprint density at radius 3 is 2.53 bits per heavy atom. The van der Waals surface area contributed by atoms with E-state index in [-0.39, 0.29) is 11.9 Å². The fraction of sp³-hybridized carbons (Fsp3) is 0.400. The largest absolute Gasteiger partial charge is 0.301 e. The Hall–Kier alpha value is -1.26. The lowest BCUT2D eigenvalue weighted by Crippen LogP contribution is -2.28. The average molecular weight is 278 g/mol. The third-order valence-corrected chi connectivity index (χ3v) is 4.10. The first kappa shape index (κ1) is 14.2. The van der Waals surface area contributed by atoms with Crippen molar-refractivity contribution >= 4 is 11.3 Å². The molecule has 0 aliphatic rings. The molecule has 2 heterocycles. The monoisotopic (exact) mass is 278 g/mol. The molecule has 0 bridgehead atoms. The lowest BCUT2D eigenvalue weighted by Gasteiger charge is -2.25. The minimum atomic E-state index is -0.297. The maximum absolute atomic E-state index is 12.9. The highest BCUT2D eigenvalue weighted by molar-refractivity contribution is 7.10. The minimum Gasteiger partial charge on any atom is -0.301 e. The van der Waals surface area contributed by atoms with Gasteiger partial charge in [-0.05, 0) is 36.4 Å². The summed E-state index contributed by atoms with van der Waals surface area (Å²) in [4.78, 5) is 5.46. The van der Waals surface area contributed by atoms with Gasteiger partial charge in [0.25, 0.3) is 0 Å². The van der Waals surface area contributed by atoms with Crippen LogP contribution in [0, 0.1) is 11.7 Å². The molecule has 19 heavy (non-hydrogen) atoms. The summed E-state index contributed by atoms with van der Waals surface area (Å²) in [7, 11) is 0. The lowest BCUT2D eigenvalue weighted by atomic mass is 10.0. The number of aromatic nitrogens is 1. The molecular weight excluding hydrogens is 259 g/mol. The fourth-order valence-corrected chi connectivity index (χ4v) is 3.03. The van der Waals surface area contributed by atoms with Crippen LogP contribution in [0.1, 0.15) is 43.4 Å². The predicted octanol–water partition coefficient (Wildman–Crippen LogP) is 4.33. The van der Waals surface area contributed by atoms with Gasteiger partial charge in [-0.1, -0.05) is 19.9 Å². The zero-order valence-corrected chi connectivity index (χ0v) is 12.2. The van der Waals surface area contributed by atoms with Crippen molar-refractivity contribution in [2.24, 2.45) is 5.92 Å². The van der Waals surface area contributed by atoms with Gasteiger partial charge in [-0.3, -0.25) is 4.98 Å². The highest BCUT2D eigenvalue weighted by atomic mass is 32.1. The van der Waals surface area contributed by atoms with Crippen molar-refractivity contribution in [1.29, 1.82) is 0 Å². The number of halogens is 1. The van der Waals surface area contributed by atoms with Crippen molar-refractivity contribution in [3.05, 3.63) is 52.2 Å². The summed E-state index contributed by atoms with van der Waals surface area (Å²) < 4.78 is 12.9. The van der Waals surface area contributed by atoms with Gasteiger partial charge in [0.05, 0.1) is 11.9 Å². The van der Waals surface area contributed by atoms with Crippen LogP contribution in [0.3, 0.4) is 0 Å². The molecule has 2 nitrogen and oxygen atoms in total. The maximum Gasteiger partial charge on any atom is 0.141 e. The van der Waals surface area contributed by atoms with Crippen molar-refractivity contribution in [2.75, 3.05) is 0 Å². The second-order valence-electron chi connectivity index (χ2n) is 5.03. The maximum atomic E-state index is 12.9. The van der Waals surface area contributed by atoms with Gasteiger partial charge >= 0.3 is 0 Å². The van der Waals surface area contributed by atoms with Crippen LogP contribution in [0.2, 0.25) is 0 Å².